The minimum atomic E-state index is -1.07. The molecule has 190 valence electrons. The van der Waals surface area contributed by atoms with Crippen molar-refractivity contribution in [1.29, 1.82) is 0 Å². The molecule has 4 fully saturated rings. The molecule has 2 N–H and O–H groups in total. The van der Waals surface area contributed by atoms with Crippen molar-refractivity contribution in [2.45, 2.75) is 88.1 Å². The van der Waals surface area contributed by atoms with Crippen LogP contribution in [0, 0.1) is 11.8 Å². The van der Waals surface area contributed by atoms with E-state index in [9.17, 15) is 19.5 Å². The van der Waals surface area contributed by atoms with E-state index in [0.29, 0.717) is 19.3 Å². The van der Waals surface area contributed by atoms with Crippen LogP contribution >= 0.6 is 0 Å². The maximum Gasteiger partial charge on any atom is 0.312 e. The summed E-state index contributed by atoms with van der Waals surface area (Å²) in [6.45, 7) is 1.68. The Kier molecular flexibility index (Phi) is 6.86. The van der Waals surface area contributed by atoms with Crippen LogP contribution in [0.15, 0.2) is 30.3 Å². The third-order valence-electron chi connectivity index (χ3n) is 8.41. The molecule has 3 aliphatic heterocycles. The molecule has 0 radical (unpaired) electrons. The average Bonchev–Trinajstić information content (AvgIpc) is 3.51. The summed E-state index contributed by atoms with van der Waals surface area (Å²) in [5.41, 5.74) is -0.102. The van der Waals surface area contributed by atoms with Gasteiger partial charge in [0.15, 0.2) is 0 Å². The molecule has 5 rings (SSSR count). The number of carbonyl (C=O) groups excluding carboxylic acids is 3. The second kappa shape index (κ2) is 9.90. The van der Waals surface area contributed by atoms with Crippen molar-refractivity contribution in [3.05, 3.63) is 35.9 Å². The summed E-state index contributed by atoms with van der Waals surface area (Å²) in [6, 6.07) is 8.23. The van der Waals surface area contributed by atoms with Crippen molar-refractivity contribution in [3.8, 4) is 0 Å². The van der Waals surface area contributed by atoms with Crippen molar-refractivity contribution in [3.63, 3.8) is 0 Å². The predicted octanol–water partition coefficient (Wildman–Crippen LogP) is 1.98. The molecule has 0 aromatic heterocycles. The van der Waals surface area contributed by atoms with Crippen LogP contribution in [0.1, 0.15) is 57.4 Å². The van der Waals surface area contributed by atoms with Gasteiger partial charge in [-0.2, -0.15) is 0 Å². The number of fused-ring (bicyclic) bond motifs is 1. The molecule has 6 atom stereocenters. The summed E-state index contributed by atoms with van der Waals surface area (Å²) < 4.78 is 11.8. The van der Waals surface area contributed by atoms with Gasteiger partial charge in [0.25, 0.3) is 0 Å². The topological polar surface area (TPSA) is 105 Å². The van der Waals surface area contributed by atoms with E-state index in [-0.39, 0.29) is 31.1 Å². The number of benzene rings is 1. The molecular formula is C27H36N2O6. The first-order valence-electron chi connectivity index (χ1n) is 13.1. The first-order valence-corrected chi connectivity index (χ1v) is 13.1. The Morgan fingerprint density at radius 2 is 1.94 bits per heavy atom. The van der Waals surface area contributed by atoms with E-state index in [1.165, 1.54) is 6.42 Å². The van der Waals surface area contributed by atoms with Gasteiger partial charge >= 0.3 is 5.97 Å². The second-order valence-corrected chi connectivity index (χ2v) is 10.4. The number of hydrogen-bond donors (Lipinski definition) is 2. The number of aliphatic hydroxyl groups is 1. The van der Waals surface area contributed by atoms with Gasteiger partial charge in [0.2, 0.25) is 11.8 Å². The standard InChI is InChI=1S/C27H36N2O6/c1-2-34-26(33)21-20-13-14-27(35-20)22(21)25(32)29(19(16-30)15-17-9-5-3-6-10-17)23(27)24(31)28-18-11-7-4-8-12-18/h3,5-6,9-10,18-23,30H,2,4,7-8,11-16H2,1H3,(H,28,31)/t19-,20-,21+,22+,23?,27?/m1/s1. The Bertz CT molecular complexity index is 948. The van der Waals surface area contributed by atoms with E-state index < -0.39 is 41.6 Å². The molecule has 2 unspecified atom stereocenters. The molecule has 1 aliphatic carbocycles. The highest BCUT2D eigenvalue weighted by atomic mass is 16.6. The Hall–Kier alpha value is -2.45. The van der Waals surface area contributed by atoms with Crippen molar-refractivity contribution in [1.82, 2.24) is 10.2 Å². The van der Waals surface area contributed by atoms with Crippen molar-refractivity contribution in [2.75, 3.05) is 13.2 Å². The summed E-state index contributed by atoms with van der Waals surface area (Å²) >= 11 is 0. The molecular weight excluding hydrogens is 448 g/mol. The summed E-state index contributed by atoms with van der Waals surface area (Å²) in [6.07, 6.45) is 6.29. The number of likely N-dealkylation sites (tertiary alicyclic amines) is 1. The number of amides is 2. The lowest BCUT2D eigenvalue weighted by atomic mass is 9.70. The number of carbonyl (C=O) groups is 3. The van der Waals surface area contributed by atoms with Crippen LogP contribution in [0.4, 0.5) is 0 Å². The van der Waals surface area contributed by atoms with Gasteiger partial charge < -0.3 is 24.8 Å². The van der Waals surface area contributed by atoms with Crippen LogP contribution in [-0.4, -0.2) is 70.8 Å². The average molecular weight is 485 g/mol. The van der Waals surface area contributed by atoms with Gasteiger partial charge in [0.1, 0.15) is 11.6 Å². The Morgan fingerprint density at radius 3 is 2.63 bits per heavy atom. The van der Waals surface area contributed by atoms with Gasteiger partial charge in [0, 0.05) is 6.04 Å². The third kappa shape index (κ3) is 4.14. The van der Waals surface area contributed by atoms with Crippen LogP contribution in [0.25, 0.3) is 0 Å². The number of ether oxygens (including phenoxy) is 2. The first kappa shape index (κ1) is 24.3. The van der Waals surface area contributed by atoms with Crippen LogP contribution < -0.4 is 5.32 Å². The number of esters is 1. The zero-order chi connectivity index (χ0) is 24.6. The first-order chi connectivity index (χ1) is 17.0. The van der Waals surface area contributed by atoms with E-state index in [4.69, 9.17) is 9.47 Å². The van der Waals surface area contributed by atoms with Crippen LogP contribution in [0.5, 0.6) is 0 Å². The largest absolute Gasteiger partial charge is 0.466 e. The minimum Gasteiger partial charge on any atom is -0.466 e. The summed E-state index contributed by atoms with van der Waals surface area (Å²) in [4.78, 5) is 42.4. The number of hydrogen-bond acceptors (Lipinski definition) is 6. The monoisotopic (exact) mass is 484 g/mol. The SMILES string of the molecule is CCOC(=O)[C@@H]1[C@H]2C(=O)N([C@@H](CO)Cc3ccccc3)C(C(=O)NC3CCCCC3)C23CC[C@H]1O3. The highest BCUT2D eigenvalue weighted by Gasteiger charge is 2.75. The zero-order valence-corrected chi connectivity index (χ0v) is 20.4. The fourth-order valence-corrected chi connectivity index (χ4v) is 6.95. The fraction of sp³-hybridized carbons (Fsp3) is 0.667. The Morgan fingerprint density at radius 1 is 1.20 bits per heavy atom. The summed E-state index contributed by atoms with van der Waals surface area (Å²) in [7, 11) is 0. The lowest BCUT2D eigenvalue weighted by Crippen LogP contribution is -2.59. The van der Waals surface area contributed by atoms with Crippen LogP contribution in [0.3, 0.4) is 0 Å². The third-order valence-corrected chi connectivity index (χ3v) is 8.41. The van der Waals surface area contributed by atoms with Gasteiger partial charge in [-0.1, -0.05) is 49.6 Å². The van der Waals surface area contributed by atoms with Crippen LogP contribution in [-0.2, 0) is 30.3 Å². The predicted molar refractivity (Wildman–Crippen MR) is 127 cm³/mol. The van der Waals surface area contributed by atoms with E-state index in [2.05, 4.69) is 5.32 Å². The van der Waals surface area contributed by atoms with Gasteiger partial charge in [-0.15, -0.1) is 0 Å². The lowest BCUT2D eigenvalue weighted by Gasteiger charge is -2.38. The number of rotatable bonds is 8. The maximum absolute atomic E-state index is 14.0. The molecule has 1 spiro atoms. The zero-order valence-electron chi connectivity index (χ0n) is 20.4. The molecule has 8 heteroatoms. The molecule has 1 saturated carbocycles. The number of aliphatic hydroxyl groups excluding tert-OH is 1. The highest BCUT2D eigenvalue weighted by Crippen LogP contribution is 2.59. The Balaban J connectivity index is 1.50. The van der Waals surface area contributed by atoms with Gasteiger partial charge in [-0.25, -0.2) is 0 Å². The van der Waals surface area contributed by atoms with Crippen molar-refractivity contribution in [2.24, 2.45) is 11.8 Å². The maximum atomic E-state index is 14.0. The molecule has 8 nitrogen and oxygen atoms in total. The molecule has 1 aromatic rings. The van der Waals surface area contributed by atoms with E-state index in [1.54, 1.807) is 11.8 Å². The number of nitrogens with zero attached hydrogens (tertiary/aromatic N) is 1. The highest BCUT2D eigenvalue weighted by molar-refractivity contribution is 5.98. The molecule has 4 aliphatic rings. The molecule has 2 bridgehead atoms. The lowest BCUT2D eigenvalue weighted by molar-refractivity contribution is -0.155. The van der Waals surface area contributed by atoms with Gasteiger partial charge in [-0.05, 0) is 44.6 Å². The Labute approximate surface area is 206 Å². The molecule has 35 heavy (non-hydrogen) atoms. The number of nitrogens with one attached hydrogen (secondary N) is 1. The molecule has 2 amide bonds. The normalized spacial score (nSPS) is 33.0. The minimum absolute atomic E-state index is 0.0739. The van der Waals surface area contributed by atoms with Crippen molar-refractivity contribution < 1.29 is 29.0 Å². The summed E-state index contributed by atoms with van der Waals surface area (Å²) in [5.74, 6) is -2.45. The van der Waals surface area contributed by atoms with E-state index in [1.807, 2.05) is 30.3 Å². The summed E-state index contributed by atoms with van der Waals surface area (Å²) in [5, 5.41) is 13.6. The van der Waals surface area contributed by atoms with Gasteiger partial charge in [0.05, 0.1) is 37.2 Å². The second-order valence-electron chi connectivity index (χ2n) is 10.4. The molecule has 1 aromatic carbocycles. The van der Waals surface area contributed by atoms with Crippen LogP contribution in [0.2, 0.25) is 0 Å². The van der Waals surface area contributed by atoms with E-state index in [0.717, 1.165) is 31.2 Å². The molecule has 3 heterocycles. The molecule has 3 saturated heterocycles. The van der Waals surface area contributed by atoms with Crippen molar-refractivity contribution >= 4 is 17.8 Å². The smallest absolute Gasteiger partial charge is 0.312 e. The fourth-order valence-electron chi connectivity index (χ4n) is 6.95. The van der Waals surface area contributed by atoms with E-state index >= 15 is 0 Å². The van der Waals surface area contributed by atoms with Gasteiger partial charge in [-0.3, -0.25) is 14.4 Å². The quantitative estimate of drug-likeness (QED) is 0.547.